The summed E-state index contributed by atoms with van der Waals surface area (Å²) in [4.78, 5) is 24.4. The number of thiophene rings is 1. The van der Waals surface area contributed by atoms with E-state index in [-0.39, 0.29) is 19.0 Å². The first-order valence-corrected chi connectivity index (χ1v) is 7.34. The molecule has 1 aromatic carbocycles. The Labute approximate surface area is 131 Å². The van der Waals surface area contributed by atoms with Gasteiger partial charge >= 0.3 is 5.97 Å². The number of esters is 1. The third-order valence-corrected chi connectivity index (χ3v) is 4.54. The lowest BCUT2D eigenvalue weighted by Gasteiger charge is -2.06. The summed E-state index contributed by atoms with van der Waals surface area (Å²) >= 11 is 1.18. The first-order valence-electron chi connectivity index (χ1n) is 8.02. The van der Waals surface area contributed by atoms with Crippen molar-refractivity contribution in [1.29, 1.82) is 0 Å². The summed E-state index contributed by atoms with van der Waals surface area (Å²) in [5, 5.41) is 0.681. The Morgan fingerprint density at radius 2 is 2.14 bits per heavy atom. The second-order valence-electron chi connectivity index (χ2n) is 4.60. The summed E-state index contributed by atoms with van der Waals surface area (Å²) in [7, 11) is -2.51. The molecule has 0 aliphatic carbocycles. The highest BCUT2D eigenvalue weighted by molar-refractivity contribution is 7.21. The van der Waals surface area contributed by atoms with Crippen molar-refractivity contribution < 1.29 is 23.2 Å². The summed E-state index contributed by atoms with van der Waals surface area (Å²) < 4.78 is 32.1. The largest absolute Gasteiger partial charge is 0.462 e. The van der Waals surface area contributed by atoms with Crippen LogP contribution in [-0.4, -0.2) is 25.4 Å². The number of fused-ring (bicyclic) bond motifs is 1. The SMILES string of the molecule is [2H]C([2H])([2H])OCc1ccc(C(C)=O)c2sc(C(=O)OCC)c(C)c12. The van der Waals surface area contributed by atoms with Crippen molar-refractivity contribution in [1.82, 2.24) is 0 Å². The fourth-order valence-corrected chi connectivity index (χ4v) is 3.61. The topological polar surface area (TPSA) is 52.6 Å². The number of ether oxygens (including phenoxy) is 2. The molecule has 21 heavy (non-hydrogen) atoms. The molecule has 112 valence electrons. The molecule has 0 spiro atoms. The number of ketones is 1. The molecule has 0 bridgehead atoms. The van der Waals surface area contributed by atoms with Gasteiger partial charge in [-0.05, 0) is 38.0 Å². The monoisotopic (exact) mass is 309 g/mol. The van der Waals surface area contributed by atoms with Crippen LogP contribution in [0.4, 0.5) is 0 Å². The molecule has 2 rings (SSSR count). The van der Waals surface area contributed by atoms with Gasteiger partial charge in [0.1, 0.15) is 4.88 Å². The molecule has 4 nitrogen and oxygen atoms in total. The van der Waals surface area contributed by atoms with Crippen LogP contribution in [0.25, 0.3) is 10.1 Å². The minimum Gasteiger partial charge on any atom is -0.462 e. The van der Waals surface area contributed by atoms with E-state index in [0.29, 0.717) is 31.7 Å². The lowest BCUT2D eigenvalue weighted by Crippen LogP contribution is -2.03. The van der Waals surface area contributed by atoms with Crippen molar-refractivity contribution in [3.05, 3.63) is 33.7 Å². The Kier molecular flexibility index (Phi) is 3.60. The van der Waals surface area contributed by atoms with Crippen LogP contribution in [-0.2, 0) is 16.1 Å². The Morgan fingerprint density at radius 1 is 1.38 bits per heavy atom. The van der Waals surface area contributed by atoms with Crippen LogP contribution in [0.15, 0.2) is 12.1 Å². The van der Waals surface area contributed by atoms with E-state index in [2.05, 4.69) is 0 Å². The molecule has 0 unspecified atom stereocenters. The molecule has 1 heterocycles. The van der Waals surface area contributed by atoms with Crippen LogP contribution < -0.4 is 0 Å². The van der Waals surface area contributed by atoms with Crippen LogP contribution in [0.3, 0.4) is 0 Å². The Bertz CT molecular complexity index is 793. The Balaban J connectivity index is 2.62. The number of carbonyl (C=O) groups excluding carboxylic acids is 2. The number of hydrogen-bond donors (Lipinski definition) is 0. The van der Waals surface area contributed by atoms with Crippen LogP contribution in [0.2, 0.25) is 0 Å². The van der Waals surface area contributed by atoms with Crippen molar-refractivity contribution in [3.8, 4) is 0 Å². The maximum absolute atomic E-state index is 12.1. The molecular weight excluding hydrogens is 288 g/mol. The number of hydrogen-bond acceptors (Lipinski definition) is 5. The molecule has 0 aliphatic heterocycles. The van der Waals surface area contributed by atoms with Crippen molar-refractivity contribution in [2.75, 3.05) is 13.6 Å². The highest BCUT2D eigenvalue weighted by Gasteiger charge is 2.21. The molecule has 0 amide bonds. The molecule has 0 radical (unpaired) electrons. The lowest BCUT2D eigenvalue weighted by atomic mass is 10.0. The number of aryl methyl sites for hydroxylation is 1. The lowest BCUT2D eigenvalue weighted by molar-refractivity contribution is 0.0531. The van der Waals surface area contributed by atoms with Gasteiger partial charge in [-0.15, -0.1) is 11.3 Å². The van der Waals surface area contributed by atoms with Gasteiger partial charge < -0.3 is 9.47 Å². The zero-order chi connectivity index (χ0) is 18.1. The smallest absolute Gasteiger partial charge is 0.348 e. The minimum absolute atomic E-state index is 0.125. The van der Waals surface area contributed by atoms with Gasteiger partial charge in [-0.25, -0.2) is 4.79 Å². The molecule has 0 atom stereocenters. The zero-order valence-corrected chi connectivity index (χ0v) is 12.9. The molecule has 0 saturated carbocycles. The molecule has 0 saturated heterocycles. The average Bonchev–Trinajstić information content (AvgIpc) is 2.82. The average molecular weight is 309 g/mol. The second-order valence-corrected chi connectivity index (χ2v) is 5.62. The van der Waals surface area contributed by atoms with Gasteiger partial charge in [0.25, 0.3) is 0 Å². The van der Waals surface area contributed by atoms with Gasteiger partial charge in [0.05, 0.1) is 17.3 Å². The Morgan fingerprint density at radius 3 is 2.76 bits per heavy atom. The fourth-order valence-electron chi connectivity index (χ4n) is 2.30. The molecule has 1 aromatic heterocycles. The van der Waals surface area contributed by atoms with E-state index in [0.717, 1.165) is 0 Å². The van der Waals surface area contributed by atoms with Crippen LogP contribution >= 0.6 is 11.3 Å². The number of methoxy groups -OCH3 is 1. The third kappa shape index (κ3) is 2.84. The minimum atomic E-state index is -2.51. The summed E-state index contributed by atoms with van der Waals surface area (Å²) in [6.07, 6.45) is 0. The van der Waals surface area contributed by atoms with Crippen molar-refractivity contribution in [2.24, 2.45) is 0 Å². The third-order valence-electron chi connectivity index (χ3n) is 3.23. The summed E-state index contributed by atoms with van der Waals surface area (Å²) in [5.74, 6) is -0.576. The number of carbonyl (C=O) groups is 2. The van der Waals surface area contributed by atoms with E-state index >= 15 is 0 Å². The molecule has 2 aromatic rings. The number of rotatable bonds is 5. The molecular formula is C16H18O4S. The van der Waals surface area contributed by atoms with Crippen molar-refractivity contribution in [2.45, 2.75) is 27.4 Å². The first kappa shape index (κ1) is 11.9. The predicted octanol–water partition coefficient (Wildman–Crippen LogP) is 3.74. The molecule has 0 aliphatic rings. The van der Waals surface area contributed by atoms with Crippen LogP contribution in [0.1, 0.15) is 49.1 Å². The highest BCUT2D eigenvalue weighted by Crippen LogP contribution is 2.36. The van der Waals surface area contributed by atoms with Gasteiger partial charge in [0.15, 0.2) is 5.78 Å². The van der Waals surface area contributed by atoms with Gasteiger partial charge in [-0.2, -0.15) is 0 Å². The van der Waals surface area contributed by atoms with Crippen molar-refractivity contribution >= 4 is 33.2 Å². The van der Waals surface area contributed by atoms with E-state index in [1.807, 2.05) is 0 Å². The van der Waals surface area contributed by atoms with Crippen LogP contribution in [0.5, 0.6) is 0 Å². The first-order chi connectivity index (χ1) is 11.2. The number of benzene rings is 1. The predicted molar refractivity (Wildman–Crippen MR) is 83.2 cm³/mol. The van der Waals surface area contributed by atoms with Gasteiger partial charge in [-0.3, -0.25) is 4.79 Å². The molecule has 0 fully saturated rings. The summed E-state index contributed by atoms with van der Waals surface area (Å²) in [6.45, 7) is 5.05. The highest BCUT2D eigenvalue weighted by atomic mass is 32.1. The van der Waals surface area contributed by atoms with Gasteiger partial charge in [0, 0.05) is 22.7 Å². The molecule has 0 N–H and O–H groups in total. The van der Waals surface area contributed by atoms with E-state index in [1.54, 1.807) is 26.0 Å². The van der Waals surface area contributed by atoms with Gasteiger partial charge in [-0.1, -0.05) is 6.07 Å². The Hall–Kier alpha value is -1.72. The van der Waals surface area contributed by atoms with Crippen molar-refractivity contribution in [3.63, 3.8) is 0 Å². The maximum Gasteiger partial charge on any atom is 0.348 e. The fraction of sp³-hybridized carbons (Fsp3) is 0.375. The maximum atomic E-state index is 12.1. The van der Waals surface area contributed by atoms with E-state index in [1.165, 1.54) is 18.3 Å². The van der Waals surface area contributed by atoms with E-state index in [9.17, 15) is 9.59 Å². The normalized spacial score (nSPS) is 13.6. The standard InChI is InChI=1S/C16H18O4S/c1-5-20-16(18)14-9(2)13-11(8-19-4)6-7-12(10(3)17)15(13)21-14/h6-7H,5,8H2,1-4H3/i4D3. The summed E-state index contributed by atoms with van der Waals surface area (Å²) in [5.41, 5.74) is 1.78. The van der Waals surface area contributed by atoms with Crippen LogP contribution in [0, 0.1) is 6.92 Å². The summed E-state index contributed by atoms with van der Waals surface area (Å²) in [6, 6.07) is 3.30. The van der Waals surface area contributed by atoms with E-state index in [4.69, 9.17) is 13.6 Å². The zero-order valence-electron chi connectivity index (χ0n) is 15.1. The molecule has 5 heteroatoms. The second kappa shape index (κ2) is 6.37. The van der Waals surface area contributed by atoms with E-state index < -0.39 is 13.0 Å². The van der Waals surface area contributed by atoms with Gasteiger partial charge in [0.2, 0.25) is 0 Å². The number of Topliss-reactive ketones (excluding diaryl/α,β-unsaturated/α-hetero) is 1. The quantitative estimate of drug-likeness (QED) is 0.624.